The first-order chi connectivity index (χ1) is 9.80. The van der Waals surface area contributed by atoms with Gasteiger partial charge < -0.3 is 10.0 Å². The van der Waals surface area contributed by atoms with E-state index in [1.54, 1.807) is 11.3 Å². The first kappa shape index (κ1) is 15.0. The maximum Gasteiger partial charge on any atom is 0.186 e. The second-order valence-corrected chi connectivity index (χ2v) is 5.84. The molecule has 0 aliphatic heterocycles. The van der Waals surface area contributed by atoms with Crippen LogP contribution in [0.5, 0.6) is 0 Å². The number of aliphatic hydroxyl groups excluding tert-OH is 1. The van der Waals surface area contributed by atoms with Crippen molar-refractivity contribution in [3.05, 3.63) is 35.2 Å². The Morgan fingerprint density at radius 1 is 1.10 bits per heavy atom. The van der Waals surface area contributed by atoms with E-state index in [9.17, 15) is 5.11 Å². The molecule has 1 N–H and O–H groups in total. The zero-order valence-electron chi connectivity index (χ0n) is 12.2. The number of benzene rings is 1. The second kappa shape index (κ2) is 7.41. The van der Waals surface area contributed by atoms with Crippen molar-refractivity contribution in [2.45, 2.75) is 33.3 Å². The lowest BCUT2D eigenvalue weighted by atomic mass is 10.1. The van der Waals surface area contributed by atoms with Gasteiger partial charge in [-0.05, 0) is 12.8 Å². The zero-order valence-corrected chi connectivity index (χ0v) is 13.0. The predicted molar refractivity (Wildman–Crippen MR) is 86.3 cm³/mol. The summed E-state index contributed by atoms with van der Waals surface area (Å²) in [5.41, 5.74) is 2.00. The molecule has 0 spiro atoms. The second-order valence-electron chi connectivity index (χ2n) is 4.78. The molecular weight excluding hydrogens is 268 g/mol. The van der Waals surface area contributed by atoms with Crippen LogP contribution in [0.1, 0.15) is 31.6 Å². The lowest BCUT2D eigenvalue weighted by molar-refractivity contribution is 0.286. The summed E-state index contributed by atoms with van der Waals surface area (Å²) in [7, 11) is 0. The summed E-state index contributed by atoms with van der Waals surface area (Å²) in [5, 5.41) is 10.6. The normalized spacial score (nSPS) is 10.8. The average molecular weight is 290 g/mol. The fourth-order valence-electron chi connectivity index (χ4n) is 2.25. The summed E-state index contributed by atoms with van der Waals surface area (Å²) in [6.07, 6.45) is 2.21. The van der Waals surface area contributed by atoms with E-state index in [-0.39, 0.29) is 6.61 Å². The summed E-state index contributed by atoms with van der Waals surface area (Å²) in [5.74, 6) is 0. The molecule has 2 rings (SSSR count). The van der Waals surface area contributed by atoms with Crippen LogP contribution in [0.25, 0.3) is 11.3 Å². The minimum Gasteiger partial charge on any atom is -0.391 e. The van der Waals surface area contributed by atoms with Crippen molar-refractivity contribution in [3.63, 3.8) is 0 Å². The van der Waals surface area contributed by atoms with E-state index >= 15 is 0 Å². The van der Waals surface area contributed by atoms with Gasteiger partial charge in [0.05, 0.1) is 17.2 Å². The van der Waals surface area contributed by atoms with E-state index in [4.69, 9.17) is 4.98 Å². The molecule has 4 heteroatoms. The van der Waals surface area contributed by atoms with Crippen LogP contribution in [-0.4, -0.2) is 23.2 Å². The fourth-order valence-corrected chi connectivity index (χ4v) is 3.24. The van der Waals surface area contributed by atoms with Crippen LogP contribution in [0, 0.1) is 0 Å². The minimum atomic E-state index is 0.0496. The maximum absolute atomic E-state index is 9.59. The molecule has 0 saturated heterocycles. The largest absolute Gasteiger partial charge is 0.391 e. The van der Waals surface area contributed by atoms with Gasteiger partial charge in [-0.2, -0.15) is 0 Å². The van der Waals surface area contributed by atoms with E-state index in [0.29, 0.717) is 0 Å². The summed E-state index contributed by atoms with van der Waals surface area (Å²) in [6, 6.07) is 10.1. The highest BCUT2D eigenvalue weighted by molar-refractivity contribution is 7.16. The van der Waals surface area contributed by atoms with Crippen molar-refractivity contribution in [1.82, 2.24) is 4.98 Å². The molecule has 0 aliphatic carbocycles. The van der Waals surface area contributed by atoms with Crippen LogP contribution in [0.4, 0.5) is 5.13 Å². The summed E-state index contributed by atoms with van der Waals surface area (Å²) < 4.78 is 0. The van der Waals surface area contributed by atoms with E-state index in [2.05, 4.69) is 18.7 Å². The van der Waals surface area contributed by atoms with Crippen LogP contribution < -0.4 is 4.90 Å². The Bertz CT molecular complexity index is 519. The van der Waals surface area contributed by atoms with Gasteiger partial charge in [0.25, 0.3) is 0 Å². The molecule has 20 heavy (non-hydrogen) atoms. The number of rotatable bonds is 7. The standard InChI is InChI=1S/C16H22N2OS/c1-3-10-18(11-4-2)16-17-15(14(12-19)20-16)13-8-6-5-7-9-13/h5-9,19H,3-4,10-12H2,1-2H3. The van der Waals surface area contributed by atoms with Crippen LogP contribution >= 0.6 is 11.3 Å². The van der Waals surface area contributed by atoms with Gasteiger partial charge in [0, 0.05) is 18.7 Å². The first-order valence-corrected chi connectivity index (χ1v) is 8.02. The molecule has 3 nitrogen and oxygen atoms in total. The Morgan fingerprint density at radius 2 is 1.75 bits per heavy atom. The number of aliphatic hydroxyl groups is 1. The molecule has 1 heterocycles. The van der Waals surface area contributed by atoms with Gasteiger partial charge in [-0.15, -0.1) is 0 Å². The van der Waals surface area contributed by atoms with Gasteiger partial charge in [-0.3, -0.25) is 0 Å². The predicted octanol–water partition coefficient (Wildman–Crippen LogP) is 3.93. The number of nitrogens with zero attached hydrogens (tertiary/aromatic N) is 2. The first-order valence-electron chi connectivity index (χ1n) is 7.21. The van der Waals surface area contributed by atoms with Crippen molar-refractivity contribution in [2.24, 2.45) is 0 Å². The highest BCUT2D eigenvalue weighted by Crippen LogP contribution is 2.33. The molecular formula is C16H22N2OS. The van der Waals surface area contributed by atoms with Crippen molar-refractivity contribution in [3.8, 4) is 11.3 Å². The third-order valence-corrected chi connectivity index (χ3v) is 4.24. The highest BCUT2D eigenvalue weighted by Gasteiger charge is 2.16. The van der Waals surface area contributed by atoms with Crippen molar-refractivity contribution >= 4 is 16.5 Å². The molecule has 0 fully saturated rings. The van der Waals surface area contributed by atoms with Gasteiger partial charge >= 0.3 is 0 Å². The third-order valence-electron chi connectivity index (χ3n) is 3.13. The number of aromatic nitrogens is 1. The maximum atomic E-state index is 9.59. The molecule has 0 unspecified atom stereocenters. The van der Waals surface area contributed by atoms with Gasteiger partial charge in [0.15, 0.2) is 5.13 Å². The summed E-state index contributed by atoms with van der Waals surface area (Å²) >= 11 is 1.61. The SMILES string of the molecule is CCCN(CCC)c1nc(-c2ccccc2)c(CO)s1. The smallest absolute Gasteiger partial charge is 0.186 e. The summed E-state index contributed by atoms with van der Waals surface area (Å²) in [4.78, 5) is 8.04. The van der Waals surface area contributed by atoms with Crippen molar-refractivity contribution in [1.29, 1.82) is 0 Å². The highest BCUT2D eigenvalue weighted by atomic mass is 32.1. The Labute approximate surface area is 124 Å². The van der Waals surface area contributed by atoms with E-state index < -0.39 is 0 Å². The van der Waals surface area contributed by atoms with Crippen LogP contribution in [0.15, 0.2) is 30.3 Å². The number of hydrogen-bond acceptors (Lipinski definition) is 4. The van der Waals surface area contributed by atoms with E-state index in [1.165, 1.54) is 0 Å². The topological polar surface area (TPSA) is 36.4 Å². The molecule has 1 aromatic carbocycles. The van der Waals surface area contributed by atoms with Gasteiger partial charge in [-0.25, -0.2) is 4.98 Å². The van der Waals surface area contributed by atoms with Crippen LogP contribution in [0.3, 0.4) is 0 Å². The molecule has 0 saturated carbocycles. The van der Waals surface area contributed by atoms with Crippen molar-refractivity contribution in [2.75, 3.05) is 18.0 Å². The Kier molecular flexibility index (Phi) is 5.56. The molecule has 0 atom stereocenters. The molecule has 1 aromatic heterocycles. The van der Waals surface area contributed by atoms with Gasteiger partial charge in [0.1, 0.15) is 0 Å². The van der Waals surface area contributed by atoms with Gasteiger partial charge in [-0.1, -0.05) is 55.5 Å². The fraction of sp³-hybridized carbons (Fsp3) is 0.438. The van der Waals surface area contributed by atoms with E-state index in [0.717, 1.165) is 47.2 Å². The molecule has 0 bridgehead atoms. The summed E-state index contributed by atoms with van der Waals surface area (Å²) in [6.45, 7) is 6.44. The number of hydrogen-bond donors (Lipinski definition) is 1. The molecule has 0 radical (unpaired) electrons. The minimum absolute atomic E-state index is 0.0496. The monoisotopic (exact) mass is 290 g/mol. The van der Waals surface area contributed by atoms with Crippen molar-refractivity contribution < 1.29 is 5.11 Å². The quantitative estimate of drug-likeness (QED) is 0.839. The van der Waals surface area contributed by atoms with Gasteiger partial charge in [0.2, 0.25) is 0 Å². The lowest BCUT2D eigenvalue weighted by Gasteiger charge is -2.19. The number of thiazole rings is 1. The lowest BCUT2D eigenvalue weighted by Crippen LogP contribution is -2.24. The van der Waals surface area contributed by atoms with Crippen LogP contribution in [0.2, 0.25) is 0 Å². The van der Waals surface area contributed by atoms with E-state index in [1.807, 2.05) is 30.3 Å². The third kappa shape index (κ3) is 3.38. The number of anilines is 1. The molecule has 2 aromatic rings. The Hall–Kier alpha value is -1.39. The van der Waals surface area contributed by atoms with Crippen LogP contribution in [-0.2, 0) is 6.61 Å². The molecule has 108 valence electrons. The molecule has 0 amide bonds. The average Bonchev–Trinajstić information content (AvgIpc) is 2.92. The zero-order chi connectivity index (χ0) is 14.4. The Balaban J connectivity index is 2.35. The molecule has 0 aliphatic rings. The Morgan fingerprint density at radius 3 is 2.30 bits per heavy atom.